The maximum absolute atomic E-state index is 12.7. The van der Waals surface area contributed by atoms with Crippen molar-refractivity contribution in [3.05, 3.63) is 77.4 Å². The molecule has 1 aliphatic heterocycles. The van der Waals surface area contributed by atoms with Crippen molar-refractivity contribution >= 4 is 45.8 Å². The number of anilines is 1. The normalized spacial score (nSPS) is 17.4. The fourth-order valence-electron chi connectivity index (χ4n) is 2.71. The Bertz CT molecular complexity index is 977. The van der Waals surface area contributed by atoms with E-state index in [2.05, 4.69) is 16.9 Å². The van der Waals surface area contributed by atoms with Crippen molar-refractivity contribution < 1.29 is 14.5 Å². The van der Waals surface area contributed by atoms with Crippen LogP contribution in [0.15, 0.2) is 72.2 Å². The molecule has 0 saturated carbocycles. The van der Waals surface area contributed by atoms with Crippen LogP contribution in [0.5, 0.6) is 0 Å². The number of aliphatic imine (C=N–C) groups is 1. The minimum absolute atomic E-state index is 0.0757. The van der Waals surface area contributed by atoms with Crippen LogP contribution in [0.3, 0.4) is 0 Å². The predicted octanol–water partition coefficient (Wildman–Crippen LogP) is 3.74. The van der Waals surface area contributed by atoms with E-state index in [0.717, 1.165) is 0 Å². The maximum Gasteiger partial charge on any atom is 0.271 e. The molecule has 0 bridgehead atoms. The number of nitrogens with zero attached hydrogens (tertiary/aromatic N) is 3. The van der Waals surface area contributed by atoms with Crippen molar-refractivity contribution in [3.63, 3.8) is 0 Å². The molecule has 2 aromatic rings. The van der Waals surface area contributed by atoms with Gasteiger partial charge in [-0.2, -0.15) is 0 Å². The zero-order valence-electron chi connectivity index (χ0n) is 15.4. The number of para-hydroxylation sites is 1. The van der Waals surface area contributed by atoms with Gasteiger partial charge >= 0.3 is 0 Å². The molecule has 0 unspecified atom stereocenters. The summed E-state index contributed by atoms with van der Waals surface area (Å²) in [4.78, 5) is 41.5. The minimum atomic E-state index is -0.629. The van der Waals surface area contributed by atoms with Crippen molar-refractivity contribution in [1.29, 1.82) is 0 Å². The van der Waals surface area contributed by atoms with Crippen LogP contribution in [0.2, 0.25) is 0 Å². The van der Waals surface area contributed by atoms with E-state index >= 15 is 0 Å². The number of carbonyl (C=O) groups is 2. The fourth-order valence-corrected chi connectivity index (χ4v) is 3.88. The Morgan fingerprint density at radius 3 is 2.72 bits per heavy atom. The van der Waals surface area contributed by atoms with Crippen LogP contribution >= 0.6 is 11.8 Å². The molecule has 0 aliphatic carbocycles. The van der Waals surface area contributed by atoms with E-state index in [1.807, 2.05) is 30.3 Å². The lowest BCUT2D eigenvalue weighted by Crippen LogP contribution is -2.33. The van der Waals surface area contributed by atoms with Crippen LogP contribution in [-0.4, -0.2) is 38.6 Å². The lowest BCUT2D eigenvalue weighted by Gasteiger charge is -2.13. The zero-order chi connectivity index (χ0) is 20.8. The molecule has 9 heteroatoms. The molecule has 2 aromatic carbocycles. The summed E-state index contributed by atoms with van der Waals surface area (Å²) in [6.45, 7) is 3.96. The van der Waals surface area contributed by atoms with Gasteiger partial charge in [-0.05, 0) is 18.2 Å². The van der Waals surface area contributed by atoms with Crippen LogP contribution in [0, 0.1) is 10.1 Å². The fraction of sp³-hybridized carbons (Fsp3) is 0.150. The molecule has 1 atom stereocenters. The first-order chi connectivity index (χ1) is 14.0. The van der Waals surface area contributed by atoms with E-state index < -0.39 is 16.1 Å². The molecular weight excluding hydrogens is 392 g/mol. The first-order valence-electron chi connectivity index (χ1n) is 8.75. The number of carbonyl (C=O) groups excluding carboxylic acids is 2. The monoisotopic (exact) mass is 410 g/mol. The summed E-state index contributed by atoms with van der Waals surface area (Å²) in [5, 5.41) is 13.4. The van der Waals surface area contributed by atoms with Crippen LogP contribution < -0.4 is 5.32 Å². The summed E-state index contributed by atoms with van der Waals surface area (Å²) in [5.41, 5.74) is 0.892. The Morgan fingerprint density at radius 2 is 2.03 bits per heavy atom. The molecule has 1 aliphatic rings. The summed E-state index contributed by atoms with van der Waals surface area (Å²) < 4.78 is 0. The molecule has 1 N–H and O–H groups in total. The molecular formula is C20H18N4O4S. The Balaban J connectivity index is 1.72. The maximum atomic E-state index is 12.7. The number of nitrogens with one attached hydrogen (secondary N) is 1. The highest BCUT2D eigenvalue weighted by atomic mass is 32.2. The molecule has 0 radical (unpaired) electrons. The quantitative estimate of drug-likeness (QED) is 0.425. The molecule has 148 valence electrons. The Morgan fingerprint density at radius 1 is 1.28 bits per heavy atom. The summed E-state index contributed by atoms with van der Waals surface area (Å²) in [7, 11) is 0. The second kappa shape index (κ2) is 9.16. The van der Waals surface area contributed by atoms with Gasteiger partial charge in [0.25, 0.3) is 5.69 Å². The molecule has 8 nitrogen and oxygen atoms in total. The van der Waals surface area contributed by atoms with Gasteiger partial charge in [0, 0.05) is 30.8 Å². The number of amidine groups is 1. The smallest absolute Gasteiger partial charge is 0.271 e. The van der Waals surface area contributed by atoms with Gasteiger partial charge in [0.05, 0.1) is 10.6 Å². The molecule has 1 fully saturated rings. The van der Waals surface area contributed by atoms with Crippen molar-refractivity contribution in [2.75, 3.05) is 11.9 Å². The van der Waals surface area contributed by atoms with E-state index in [4.69, 9.17) is 0 Å². The van der Waals surface area contributed by atoms with Crippen LogP contribution in [0.1, 0.15) is 6.42 Å². The highest BCUT2D eigenvalue weighted by molar-refractivity contribution is 8.15. The lowest BCUT2D eigenvalue weighted by molar-refractivity contribution is -0.384. The standard InChI is InChI=1S/C20H18N4O4S/c1-2-11-23-19(26)17(29-20(23)22-14-7-4-3-5-8-14)13-18(25)21-15-9-6-10-16(12-15)24(27)28/h2-10,12,17H,1,11,13H2,(H,21,25)/t17-/m0/s1. The largest absolute Gasteiger partial charge is 0.326 e. The van der Waals surface area contributed by atoms with Crippen molar-refractivity contribution in [2.24, 2.45) is 4.99 Å². The van der Waals surface area contributed by atoms with E-state index in [9.17, 15) is 19.7 Å². The van der Waals surface area contributed by atoms with Crippen LogP contribution in [0.4, 0.5) is 17.1 Å². The second-order valence-corrected chi connectivity index (χ2v) is 7.30. The number of non-ortho nitro benzene ring substituents is 1. The van der Waals surface area contributed by atoms with E-state index in [0.29, 0.717) is 23.1 Å². The number of hydrogen-bond donors (Lipinski definition) is 1. The number of nitro groups is 1. The third kappa shape index (κ3) is 5.08. The molecule has 29 heavy (non-hydrogen) atoms. The topological polar surface area (TPSA) is 105 Å². The summed E-state index contributed by atoms with van der Waals surface area (Å²) in [5.74, 6) is -0.630. The van der Waals surface area contributed by atoms with Gasteiger partial charge in [0.2, 0.25) is 11.8 Å². The second-order valence-electron chi connectivity index (χ2n) is 6.13. The summed E-state index contributed by atoms with van der Waals surface area (Å²) in [6.07, 6.45) is 1.53. The Labute approximate surface area is 171 Å². The molecule has 1 saturated heterocycles. The number of nitro benzene ring substituents is 1. The van der Waals surface area contributed by atoms with Gasteiger partial charge in [-0.25, -0.2) is 4.99 Å². The van der Waals surface area contributed by atoms with Crippen LogP contribution in [-0.2, 0) is 9.59 Å². The Kier molecular flexibility index (Phi) is 6.40. The number of benzene rings is 2. The first kappa shape index (κ1) is 20.3. The van der Waals surface area contributed by atoms with Crippen molar-refractivity contribution in [2.45, 2.75) is 11.7 Å². The molecule has 1 heterocycles. The number of thioether (sulfide) groups is 1. The van der Waals surface area contributed by atoms with E-state index in [-0.39, 0.29) is 18.0 Å². The highest BCUT2D eigenvalue weighted by Crippen LogP contribution is 2.32. The van der Waals surface area contributed by atoms with Gasteiger partial charge < -0.3 is 5.32 Å². The van der Waals surface area contributed by atoms with Crippen molar-refractivity contribution in [1.82, 2.24) is 4.90 Å². The van der Waals surface area contributed by atoms with E-state index in [1.54, 1.807) is 12.1 Å². The average molecular weight is 410 g/mol. The minimum Gasteiger partial charge on any atom is -0.326 e. The highest BCUT2D eigenvalue weighted by Gasteiger charge is 2.38. The van der Waals surface area contributed by atoms with Gasteiger partial charge in [-0.15, -0.1) is 6.58 Å². The average Bonchev–Trinajstić information content (AvgIpc) is 2.98. The third-order valence-corrected chi connectivity index (χ3v) is 5.20. The van der Waals surface area contributed by atoms with Gasteiger partial charge in [-0.1, -0.05) is 42.1 Å². The van der Waals surface area contributed by atoms with Gasteiger partial charge in [-0.3, -0.25) is 24.6 Å². The predicted molar refractivity (Wildman–Crippen MR) is 113 cm³/mol. The summed E-state index contributed by atoms with van der Waals surface area (Å²) >= 11 is 1.22. The van der Waals surface area contributed by atoms with E-state index in [1.165, 1.54) is 34.9 Å². The summed E-state index contributed by atoms with van der Waals surface area (Å²) in [6, 6.07) is 14.9. The lowest BCUT2D eigenvalue weighted by atomic mass is 10.2. The SMILES string of the molecule is C=CCN1C(=O)[C@H](CC(=O)Nc2cccc([N+](=O)[O-])c2)SC1=Nc1ccccc1. The number of rotatable bonds is 7. The van der Waals surface area contributed by atoms with Gasteiger partial charge in [0.1, 0.15) is 5.25 Å². The van der Waals surface area contributed by atoms with Gasteiger partial charge in [0.15, 0.2) is 5.17 Å². The molecule has 2 amide bonds. The zero-order valence-corrected chi connectivity index (χ0v) is 16.2. The van der Waals surface area contributed by atoms with Crippen molar-refractivity contribution in [3.8, 4) is 0 Å². The number of hydrogen-bond acceptors (Lipinski definition) is 6. The molecule has 0 spiro atoms. The molecule has 0 aromatic heterocycles. The molecule has 3 rings (SSSR count). The Hall–Kier alpha value is -3.46. The number of amides is 2. The van der Waals surface area contributed by atoms with Crippen LogP contribution in [0.25, 0.3) is 0 Å². The third-order valence-electron chi connectivity index (χ3n) is 4.02. The first-order valence-corrected chi connectivity index (χ1v) is 9.63.